The first-order chi connectivity index (χ1) is 8.13. The van der Waals surface area contributed by atoms with Crippen molar-refractivity contribution >= 4 is 11.6 Å². The van der Waals surface area contributed by atoms with E-state index in [2.05, 4.69) is 19.2 Å². The lowest BCUT2D eigenvalue weighted by Gasteiger charge is -2.25. The molecule has 2 unspecified atom stereocenters. The van der Waals surface area contributed by atoms with Gasteiger partial charge in [-0.1, -0.05) is 31.9 Å². The van der Waals surface area contributed by atoms with Gasteiger partial charge in [0.1, 0.15) is 5.75 Å². The second-order valence-electron chi connectivity index (χ2n) is 4.42. The summed E-state index contributed by atoms with van der Waals surface area (Å²) < 4.78 is 5.41. The number of nitrogens with one attached hydrogen (secondary N) is 1. The highest BCUT2D eigenvalue weighted by molar-refractivity contribution is 6.30. The topological polar surface area (TPSA) is 21.3 Å². The van der Waals surface area contributed by atoms with Crippen molar-refractivity contribution in [2.75, 3.05) is 14.2 Å². The summed E-state index contributed by atoms with van der Waals surface area (Å²) in [6, 6.07) is 6.07. The maximum absolute atomic E-state index is 6.07. The van der Waals surface area contributed by atoms with Crippen LogP contribution in [0.2, 0.25) is 5.02 Å². The average Bonchev–Trinajstić information content (AvgIpc) is 2.31. The van der Waals surface area contributed by atoms with Crippen molar-refractivity contribution in [3.8, 4) is 5.75 Å². The fourth-order valence-electron chi connectivity index (χ4n) is 2.32. The van der Waals surface area contributed by atoms with Crippen molar-refractivity contribution < 1.29 is 4.74 Å². The Labute approximate surface area is 109 Å². The highest BCUT2D eigenvalue weighted by Gasteiger charge is 2.20. The zero-order chi connectivity index (χ0) is 12.8. The van der Waals surface area contributed by atoms with Crippen LogP contribution in [-0.2, 0) is 0 Å². The third kappa shape index (κ3) is 3.62. The molecule has 0 amide bonds. The first kappa shape index (κ1) is 14.3. The van der Waals surface area contributed by atoms with Crippen LogP contribution < -0.4 is 10.1 Å². The van der Waals surface area contributed by atoms with Crippen molar-refractivity contribution in [1.29, 1.82) is 0 Å². The molecule has 2 nitrogen and oxygen atoms in total. The lowest BCUT2D eigenvalue weighted by Crippen LogP contribution is -2.24. The van der Waals surface area contributed by atoms with Gasteiger partial charge >= 0.3 is 0 Å². The lowest BCUT2D eigenvalue weighted by atomic mass is 9.90. The van der Waals surface area contributed by atoms with E-state index < -0.39 is 0 Å². The van der Waals surface area contributed by atoms with E-state index in [9.17, 15) is 0 Å². The zero-order valence-corrected chi connectivity index (χ0v) is 11.8. The van der Waals surface area contributed by atoms with Crippen molar-refractivity contribution in [2.24, 2.45) is 5.92 Å². The van der Waals surface area contributed by atoms with E-state index in [0.717, 1.165) is 16.3 Å². The molecule has 2 atom stereocenters. The van der Waals surface area contributed by atoms with Crippen LogP contribution in [0.15, 0.2) is 18.2 Å². The molecule has 96 valence electrons. The molecule has 0 aliphatic heterocycles. The van der Waals surface area contributed by atoms with Crippen molar-refractivity contribution in [3.63, 3.8) is 0 Å². The number of methoxy groups -OCH3 is 1. The lowest BCUT2D eigenvalue weighted by molar-refractivity contribution is 0.356. The quantitative estimate of drug-likeness (QED) is 0.828. The molecule has 0 aliphatic rings. The molecule has 0 bridgehead atoms. The predicted octanol–water partition coefficient (Wildman–Crippen LogP) is 4.05. The van der Waals surface area contributed by atoms with Crippen LogP contribution in [0.3, 0.4) is 0 Å². The summed E-state index contributed by atoms with van der Waals surface area (Å²) in [7, 11) is 3.68. The van der Waals surface area contributed by atoms with E-state index in [1.165, 1.54) is 12.8 Å². The van der Waals surface area contributed by atoms with Gasteiger partial charge in [0.25, 0.3) is 0 Å². The largest absolute Gasteiger partial charge is 0.496 e. The van der Waals surface area contributed by atoms with Gasteiger partial charge in [-0.25, -0.2) is 0 Å². The number of hydrogen-bond donors (Lipinski definition) is 1. The van der Waals surface area contributed by atoms with Crippen LogP contribution in [0.25, 0.3) is 0 Å². The molecule has 0 heterocycles. The molecule has 3 heteroatoms. The van der Waals surface area contributed by atoms with Crippen molar-refractivity contribution in [3.05, 3.63) is 28.8 Å². The molecule has 0 radical (unpaired) electrons. The Morgan fingerprint density at radius 3 is 2.65 bits per heavy atom. The van der Waals surface area contributed by atoms with Gasteiger partial charge < -0.3 is 10.1 Å². The molecule has 1 N–H and O–H groups in total. The van der Waals surface area contributed by atoms with Crippen LogP contribution >= 0.6 is 11.6 Å². The summed E-state index contributed by atoms with van der Waals surface area (Å²) in [5.74, 6) is 1.45. The summed E-state index contributed by atoms with van der Waals surface area (Å²) in [5.41, 5.74) is 1.14. The first-order valence-electron chi connectivity index (χ1n) is 6.14. The number of benzene rings is 1. The highest BCUT2D eigenvalue weighted by atomic mass is 35.5. The van der Waals surface area contributed by atoms with Crippen LogP contribution in [0.5, 0.6) is 5.75 Å². The van der Waals surface area contributed by atoms with E-state index in [-0.39, 0.29) is 6.04 Å². The summed E-state index contributed by atoms with van der Waals surface area (Å²) in [6.45, 7) is 4.46. The van der Waals surface area contributed by atoms with Crippen LogP contribution in [0, 0.1) is 5.92 Å². The van der Waals surface area contributed by atoms with E-state index in [1.807, 2.05) is 25.2 Å². The third-order valence-corrected chi connectivity index (χ3v) is 3.39. The van der Waals surface area contributed by atoms with E-state index in [1.54, 1.807) is 7.11 Å². The van der Waals surface area contributed by atoms with E-state index in [0.29, 0.717) is 5.92 Å². The Kier molecular flexibility index (Phi) is 5.79. The summed E-state index contributed by atoms with van der Waals surface area (Å²) >= 11 is 6.07. The fraction of sp³-hybridized carbons (Fsp3) is 0.571. The third-order valence-electron chi connectivity index (χ3n) is 3.15. The molecule has 0 spiro atoms. The second kappa shape index (κ2) is 6.87. The molecular weight excluding hydrogens is 234 g/mol. The molecule has 1 aromatic rings. The number of ether oxygens (including phenoxy) is 1. The molecule has 0 saturated carbocycles. The monoisotopic (exact) mass is 255 g/mol. The molecule has 0 aromatic heterocycles. The van der Waals surface area contributed by atoms with Crippen molar-refractivity contribution in [2.45, 2.75) is 32.7 Å². The van der Waals surface area contributed by atoms with E-state index in [4.69, 9.17) is 16.3 Å². The Balaban J connectivity index is 3.05. The molecule has 0 fully saturated rings. The van der Waals surface area contributed by atoms with Gasteiger partial charge in [0.15, 0.2) is 0 Å². The maximum Gasteiger partial charge on any atom is 0.123 e. The van der Waals surface area contributed by atoms with Crippen LogP contribution in [-0.4, -0.2) is 14.2 Å². The minimum atomic E-state index is 0.281. The van der Waals surface area contributed by atoms with Crippen LogP contribution in [0.1, 0.15) is 38.3 Å². The summed E-state index contributed by atoms with van der Waals surface area (Å²) in [4.78, 5) is 0. The minimum absolute atomic E-state index is 0.281. The standard InChI is InChI=1S/C14H22ClNO/c1-5-6-10(2)14(16-3)12-9-11(15)7-8-13(12)17-4/h7-10,14,16H,5-6H2,1-4H3. The van der Waals surface area contributed by atoms with Gasteiger partial charge in [-0.15, -0.1) is 0 Å². The second-order valence-corrected chi connectivity index (χ2v) is 4.86. The van der Waals surface area contributed by atoms with Gasteiger partial charge in [-0.2, -0.15) is 0 Å². The van der Waals surface area contributed by atoms with Gasteiger partial charge in [0, 0.05) is 16.6 Å². The number of halogens is 1. The molecule has 0 aliphatic carbocycles. The highest BCUT2D eigenvalue weighted by Crippen LogP contribution is 2.33. The van der Waals surface area contributed by atoms with Gasteiger partial charge in [-0.3, -0.25) is 0 Å². The first-order valence-corrected chi connectivity index (χ1v) is 6.52. The van der Waals surface area contributed by atoms with E-state index >= 15 is 0 Å². The maximum atomic E-state index is 6.07. The molecule has 17 heavy (non-hydrogen) atoms. The van der Waals surface area contributed by atoms with Crippen molar-refractivity contribution in [1.82, 2.24) is 5.32 Å². The minimum Gasteiger partial charge on any atom is -0.496 e. The van der Waals surface area contributed by atoms with Gasteiger partial charge in [0.05, 0.1) is 7.11 Å². The Bertz CT molecular complexity index is 354. The Hall–Kier alpha value is -0.730. The normalized spacial score (nSPS) is 14.4. The smallest absolute Gasteiger partial charge is 0.123 e. The predicted molar refractivity (Wildman–Crippen MR) is 73.9 cm³/mol. The average molecular weight is 256 g/mol. The zero-order valence-electron chi connectivity index (χ0n) is 11.1. The summed E-state index contributed by atoms with van der Waals surface area (Å²) in [5, 5.41) is 4.12. The SMILES string of the molecule is CCCC(C)C(NC)c1cc(Cl)ccc1OC. The number of rotatable bonds is 6. The molecule has 1 aromatic carbocycles. The van der Waals surface area contributed by atoms with Crippen LogP contribution in [0.4, 0.5) is 0 Å². The fourth-order valence-corrected chi connectivity index (χ4v) is 2.50. The molecular formula is C14H22ClNO. The number of hydrogen-bond acceptors (Lipinski definition) is 2. The Morgan fingerprint density at radius 1 is 1.41 bits per heavy atom. The van der Waals surface area contributed by atoms with Gasteiger partial charge in [0.2, 0.25) is 0 Å². The summed E-state index contributed by atoms with van der Waals surface area (Å²) in [6.07, 6.45) is 2.36. The van der Waals surface area contributed by atoms with Gasteiger partial charge in [-0.05, 0) is 37.6 Å². The Morgan fingerprint density at radius 2 is 2.12 bits per heavy atom. The molecule has 1 rings (SSSR count). The molecule has 0 saturated heterocycles.